The molecule has 0 aliphatic heterocycles. The molecular weight excluding hydrogens is 347 g/mol. The zero-order chi connectivity index (χ0) is 19.2. The third kappa shape index (κ3) is 5.02. The molecule has 0 unspecified atom stereocenters. The Balaban J connectivity index is 3.56. The van der Waals surface area contributed by atoms with Crippen molar-refractivity contribution in [2.45, 2.75) is 25.9 Å². The van der Waals surface area contributed by atoms with Crippen LogP contribution >= 0.6 is 0 Å². The second kappa shape index (κ2) is 8.60. The summed E-state index contributed by atoms with van der Waals surface area (Å²) in [6, 6.07) is 1.43. The molecule has 0 N–H and O–H groups in total. The van der Waals surface area contributed by atoms with Crippen molar-refractivity contribution in [2.24, 2.45) is 0 Å². The van der Waals surface area contributed by atoms with Crippen molar-refractivity contribution in [3.05, 3.63) is 37.9 Å². The molecule has 25 heavy (non-hydrogen) atoms. The van der Waals surface area contributed by atoms with Crippen LogP contribution in [0.25, 0.3) is 0 Å². The Morgan fingerprint density at radius 1 is 1.12 bits per heavy atom. The Morgan fingerprint density at radius 3 is 2.16 bits per heavy atom. The van der Waals surface area contributed by atoms with Gasteiger partial charge >= 0.3 is 17.6 Å². The summed E-state index contributed by atoms with van der Waals surface area (Å²) in [6.45, 7) is 2.68. The van der Waals surface area contributed by atoms with Gasteiger partial charge in [-0.3, -0.25) is 20.2 Å². The standard InChI is InChI=1S/C14H18F3N3O5/c1-3-7-18(8-4-9-25-2)11-6-5-10(14(15,16)17)12(19(21)22)13(11)20(23)24/h5-6H,3-4,7-9H2,1-2H3. The van der Waals surface area contributed by atoms with Crippen LogP contribution in [0.3, 0.4) is 0 Å². The highest BCUT2D eigenvalue weighted by Crippen LogP contribution is 2.45. The molecule has 0 amide bonds. The molecule has 0 radical (unpaired) electrons. The average molecular weight is 365 g/mol. The first-order chi connectivity index (χ1) is 11.6. The molecule has 1 rings (SSSR count). The Bertz CT molecular complexity index is 637. The average Bonchev–Trinajstić information content (AvgIpc) is 2.51. The van der Waals surface area contributed by atoms with Gasteiger partial charge in [0.1, 0.15) is 11.3 Å². The second-order valence-electron chi connectivity index (χ2n) is 5.17. The summed E-state index contributed by atoms with van der Waals surface area (Å²) >= 11 is 0. The van der Waals surface area contributed by atoms with Crippen molar-refractivity contribution in [3.8, 4) is 0 Å². The van der Waals surface area contributed by atoms with E-state index in [-0.39, 0.29) is 12.2 Å². The molecule has 1 aromatic carbocycles. The first kappa shape index (κ1) is 20.6. The van der Waals surface area contributed by atoms with E-state index >= 15 is 0 Å². The lowest BCUT2D eigenvalue weighted by Gasteiger charge is -2.24. The summed E-state index contributed by atoms with van der Waals surface area (Å²) < 4.78 is 44.0. The van der Waals surface area contributed by atoms with Gasteiger partial charge in [-0.15, -0.1) is 0 Å². The van der Waals surface area contributed by atoms with Crippen LogP contribution in [-0.4, -0.2) is 36.7 Å². The zero-order valence-corrected chi connectivity index (χ0v) is 13.7. The summed E-state index contributed by atoms with van der Waals surface area (Å²) in [5, 5.41) is 22.5. The summed E-state index contributed by atoms with van der Waals surface area (Å²) in [5.41, 5.74) is -4.53. The monoisotopic (exact) mass is 365 g/mol. The highest BCUT2D eigenvalue weighted by molar-refractivity contribution is 5.75. The number of hydrogen-bond acceptors (Lipinski definition) is 6. The number of benzene rings is 1. The highest BCUT2D eigenvalue weighted by atomic mass is 19.4. The minimum Gasteiger partial charge on any atom is -0.385 e. The topological polar surface area (TPSA) is 98.8 Å². The number of nitro groups is 2. The summed E-state index contributed by atoms with van der Waals surface area (Å²) in [6.07, 6.45) is -4.06. The van der Waals surface area contributed by atoms with Gasteiger partial charge in [-0.1, -0.05) is 6.92 Å². The Morgan fingerprint density at radius 2 is 1.72 bits per heavy atom. The Hall–Kier alpha value is -2.43. The molecular formula is C14H18F3N3O5. The maximum atomic E-state index is 13.0. The number of anilines is 1. The van der Waals surface area contributed by atoms with Gasteiger partial charge in [0.25, 0.3) is 0 Å². The van der Waals surface area contributed by atoms with Crippen molar-refractivity contribution in [1.82, 2.24) is 0 Å². The van der Waals surface area contributed by atoms with Crippen LogP contribution in [0, 0.1) is 20.2 Å². The van der Waals surface area contributed by atoms with Crippen molar-refractivity contribution in [3.63, 3.8) is 0 Å². The minimum atomic E-state index is -5.07. The van der Waals surface area contributed by atoms with Crippen LogP contribution in [0.15, 0.2) is 12.1 Å². The largest absolute Gasteiger partial charge is 0.423 e. The minimum absolute atomic E-state index is 0.206. The fourth-order valence-corrected chi connectivity index (χ4v) is 2.44. The van der Waals surface area contributed by atoms with Crippen LogP contribution in [0.1, 0.15) is 25.3 Å². The van der Waals surface area contributed by atoms with Crippen molar-refractivity contribution in [1.29, 1.82) is 0 Å². The third-order valence-electron chi connectivity index (χ3n) is 3.41. The van der Waals surface area contributed by atoms with Gasteiger partial charge in [0.05, 0.1) is 9.85 Å². The maximum Gasteiger partial charge on any atom is 0.423 e. The molecule has 0 aromatic heterocycles. The van der Waals surface area contributed by atoms with Gasteiger partial charge < -0.3 is 9.64 Å². The SMILES string of the molecule is CCCN(CCCOC)c1ccc(C(F)(F)F)c([N+](=O)[O-])c1[N+](=O)[O-]. The molecule has 1 aromatic rings. The van der Waals surface area contributed by atoms with Crippen LogP contribution in [-0.2, 0) is 10.9 Å². The third-order valence-corrected chi connectivity index (χ3v) is 3.41. The van der Waals surface area contributed by atoms with Gasteiger partial charge in [-0.05, 0) is 25.0 Å². The van der Waals surface area contributed by atoms with E-state index in [2.05, 4.69) is 0 Å². The molecule has 0 bridgehead atoms. The fourth-order valence-electron chi connectivity index (χ4n) is 2.44. The highest BCUT2D eigenvalue weighted by Gasteiger charge is 2.45. The molecule has 0 fully saturated rings. The fraction of sp³-hybridized carbons (Fsp3) is 0.571. The molecule has 0 aliphatic rings. The summed E-state index contributed by atoms with van der Waals surface area (Å²) in [5.74, 6) is 0. The number of methoxy groups -OCH3 is 1. The van der Waals surface area contributed by atoms with Crippen LogP contribution < -0.4 is 4.90 Å². The molecule has 11 heteroatoms. The van der Waals surface area contributed by atoms with E-state index in [9.17, 15) is 33.4 Å². The lowest BCUT2D eigenvalue weighted by Crippen LogP contribution is -2.27. The lowest BCUT2D eigenvalue weighted by molar-refractivity contribution is -0.423. The first-order valence-electron chi connectivity index (χ1n) is 7.42. The van der Waals surface area contributed by atoms with Gasteiger partial charge in [0, 0.05) is 26.8 Å². The Labute approximate surface area is 141 Å². The number of nitrogens with zero attached hydrogens (tertiary/aromatic N) is 3. The van der Waals surface area contributed by atoms with E-state index in [1.807, 2.05) is 0 Å². The maximum absolute atomic E-state index is 13.0. The first-order valence-corrected chi connectivity index (χ1v) is 7.42. The number of hydrogen-bond donors (Lipinski definition) is 0. The van der Waals surface area contributed by atoms with E-state index in [4.69, 9.17) is 4.74 Å². The van der Waals surface area contributed by atoms with Crippen LogP contribution in [0.5, 0.6) is 0 Å². The molecule has 140 valence electrons. The summed E-state index contributed by atoms with van der Waals surface area (Å²) in [7, 11) is 1.47. The quantitative estimate of drug-likeness (QED) is 0.375. The Kier molecular flexibility index (Phi) is 7.09. The number of ether oxygens (including phenoxy) is 1. The van der Waals surface area contributed by atoms with Crippen LogP contribution in [0.4, 0.5) is 30.2 Å². The van der Waals surface area contributed by atoms with Gasteiger partial charge in [-0.2, -0.15) is 13.2 Å². The van der Waals surface area contributed by atoms with Gasteiger partial charge in [0.2, 0.25) is 0 Å². The zero-order valence-electron chi connectivity index (χ0n) is 13.7. The van der Waals surface area contributed by atoms with Crippen molar-refractivity contribution < 1.29 is 27.8 Å². The molecule has 0 saturated carbocycles. The normalized spacial score (nSPS) is 11.4. The predicted octanol–water partition coefficient (Wildman–Crippen LogP) is 3.77. The van der Waals surface area contributed by atoms with Gasteiger partial charge in [0.15, 0.2) is 0 Å². The smallest absolute Gasteiger partial charge is 0.385 e. The van der Waals surface area contributed by atoms with E-state index in [0.29, 0.717) is 32.1 Å². The van der Waals surface area contributed by atoms with Crippen LogP contribution in [0.2, 0.25) is 0 Å². The number of nitro benzene ring substituents is 2. The number of alkyl halides is 3. The van der Waals surface area contributed by atoms with Gasteiger partial charge in [-0.25, -0.2) is 0 Å². The molecule has 8 nitrogen and oxygen atoms in total. The van der Waals surface area contributed by atoms with E-state index in [1.165, 1.54) is 12.0 Å². The predicted molar refractivity (Wildman–Crippen MR) is 83.7 cm³/mol. The molecule has 0 spiro atoms. The number of halogens is 3. The molecule has 0 saturated heterocycles. The lowest BCUT2D eigenvalue weighted by atomic mass is 10.1. The summed E-state index contributed by atoms with van der Waals surface area (Å²) in [4.78, 5) is 21.5. The second-order valence-corrected chi connectivity index (χ2v) is 5.17. The number of rotatable bonds is 9. The van der Waals surface area contributed by atoms with Crippen molar-refractivity contribution >= 4 is 17.1 Å². The molecule has 0 atom stereocenters. The van der Waals surface area contributed by atoms with E-state index in [1.54, 1.807) is 6.92 Å². The molecule has 0 heterocycles. The molecule has 0 aliphatic carbocycles. The van der Waals surface area contributed by atoms with E-state index in [0.717, 1.165) is 6.07 Å². The van der Waals surface area contributed by atoms with Crippen molar-refractivity contribution in [2.75, 3.05) is 31.7 Å². The van der Waals surface area contributed by atoms with E-state index < -0.39 is 33.0 Å².